The second-order valence-electron chi connectivity index (χ2n) is 7.18. The van der Waals surface area contributed by atoms with Crippen LogP contribution in [0, 0.1) is 5.82 Å². The highest BCUT2D eigenvalue weighted by Gasteiger charge is 2.25. The van der Waals surface area contributed by atoms with E-state index in [1.54, 1.807) is 18.5 Å². The lowest BCUT2D eigenvalue weighted by atomic mass is 10.00. The van der Waals surface area contributed by atoms with Gasteiger partial charge in [0, 0.05) is 17.0 Å². The third kappa shape index (κ3) is 2.86. The van der Waals surface area contributed by atoms with Gasteiger partial charge in [0.05, 0.1) is 23.6 Å². The van der Waals surface area contributed by atoms with Crippen LogP contribution in [0.5, 0.6) is 0 Å². The predicted molar refractivity (Wildman–Crippen MR) is 107 cm³/mol. The number of rotatable bonds is 3. The predicted octanol–water partition coefficient (Wildman–Crippen LogP) is 4.54. The maximum Gasteiger partial charge on any atom is 0.278 e. The summed E-state index contributed by atoms with van der Waals surface area (Å²) < 4.78 is 22.0. The molecule has 7 heteroatoms. The standard InChI is InChI=1S/C22H18FN5O/c1-13(2)21-26-22(29-27-21)20-18-11-24-19(14-7-3-5-9-16(14)23)15-8-4-6-10-17(15)28(18)12-25-20/h3-10,12-13H,11H2,1-2H3. The number of nitrogens with zero attached hydrogens (tertiary/aromatic N) is 5. The third-order valence-corrected chi connectivity index (χ3v) is 4.96. The SMILES string of the molecule is CC(C)c1noc(-c2ncn3c2CN=C(c2ccccc2F)c2ccccc2-3)n1. The van der Waals surface area contributed by atoms with Gasteiger partial charge in [-0.15, -0.1) is 0 Å². The Hall–Kier alpha value is -3.61. The number of halogens is 1. The second kappa shape index (κ2) is 6.77. The van der Waals surface area contributed by atoms with Crippen molar-refractivity contribution in [3.8, 4) is 17.3 Å². The first kappa shape index (κ1) is 17.5. The number of para-hydroxylation sites is 1. The molecular weight excluding hydrogens is 369 g/mol. The molecule has 29 heavy (non-hydrogen) atoms. The number of imidazole rings is 1. The van der Waals surface area contributed by atoms with Crippen LogP contribution in [0.25, 0.3) is 17.3 Å². The van der Waals surface area contributed by atoms with Gasteiger partial charge in [0.15, 0.2) is 11.5 Å². The van der Waals surface area contributed by atoms with Gasteiger partial charge >= 0.3 is 0 Å². The molecule has 1 aliphatic rings. The van der Waals surface area contributed by atoms with Crippen molar-refractivity contribution in [3.63, 3.8) is 0 Å². The monoisotopic (exact) mass is 387 g/mol. The molecule has 3 heterocycles. The first-order valence-electron chi connectivity index (χ1n) is 9.43. The normalized spacial score (nSPS) is 13.0. The zero-order valence-corrected chi connectivity index (χ0v) is 16.0. The van der Waals surface area contributed by atoms with E-state index < -0.39 is 0 Å². The third-order valence-electron chi connectivity index (χ3n) is 4.96. The summed E-state index contributed by atoms with van der Waals surface area (Å²) in [7, 11) is 0. The van der Waals surface area contributed by atoms with E-state index in [-0.39, 0.29) is 11.7 Å². The van der Waals surface area contributed by atoms with Crippen LogP contribution in [0.1, 0.15) is 42.4 Å². The molecule has 6 nitrogen and oxygen atoms in total. The molecule has 0 atom stereocenters. The number of hydrogen-bond donors (Lipinski definition) is 0. The minimum Gasteiger partial charge on any atom is -0.332 e. The van der Waals surface area contributed by atoms with Crippen LogP contribution < -0.4 is 0 Å². The van der Waals surface area contributed by atoms with Crippen LogP contribution in [0.3, 0.4) is 0 Å². The Morgan fingerprint density at radius 2 is 1.79 bits per heavy atom. The minimum atomic E-state index is -0.301. The Labute approximate surface area is 166 Å². The van der Waals surface area contributed by atoms with E-state index in [1.165, 1.54) is 6.07 Å². The van der Waals surface area contributed by atoms with Crippen molar-refractivity contribution in [3.05, 3.63) is 83.3 Å². The van der Waals surface area contributed by atoms with E-state index in [9.17, 15) is 4.39 Å². The van der Waals surface area contributed by atoms with Crippen LogP contribution in [0.15, 0.2) is 64.4 Å². The van der Waals surface area contributed by atoms with Crippen LogP contribution in [-0.4, -0.2) is 25.4 Å². The van der Waals surface area contributed by atoms with Gasteiger partial charge in [-0.3, -0.25) is 9.56 Å². The Morgan fingerprint density at radius 3 is 2.55 bits per heavy atom. The summed E-state index contributed by atoms with van der Waals surface area (Å²) in [6.45, 7) is 4.32. The molecule has 1 aliphatic heterocycles. The molecule has 0 N–H and O–H groups in total. The molecule has 0 amide bonds. The molecule has 0 saturated heterocycles. The topological polar surface area (TPSA) is 69.1 Å². The second-order valence-corrected chi connectivity index (χ2v) is 7.18. The first-order chi connectivity index (χ1) is 14.1. The number of aromatic nitrogens is 4. The number of benzene rings is 2. The molecule has 0 spiro atoms. The molecule has 0 radical (unpaired) electrons. The van der Waals surface area contributed by atoms with Gasteiger partial charge in [0.1, 0.15) is 12.1 Å². The summed E-state index contributed by atoms with van der Waals surface area (Å²) in [6.07, 6.45) is 1.72. The summed E-state index contributed by atoms with van der Waals surface area (Å²) in [4.78, 5) is 13.8. The van der Waals surface area contributed by atoms with E-state index in [1.807, 2.05) is 48.7 Å². The van der Waals surface area contributed by atoms with Gasteiger partial charge in [-0.25, -0.2) is 9.37 Å². The highest BCUT2D eigenvalue weighted by molar-refractivity contribution is 6.15. The molecular formula is C22H18FN5O. The van der Waals surface area contributed by atoms with Crippen molar-refractivity contribution in [2.75, 3.05) is 0 Å². The van der Waals surface area contributed by atoms with Crippen molar-refractivity contribution in [2.24, 2.45) is 4.99 Å². The van der Waals surface area contributed by atoms with Crippen molar-refractivity contribution in [1.82, 2.24) is 19.7 Å². The van der Waals surface area contributed by atoms with E-state index >= 15 is 0 Å². The van der Waals surface area contributed by atoms with Crippen molar-refractivity contribution in [2.45, 2.75) is 26.3 Å². The lowest BCUT2D eigenvalue weighted by Gasteiger charge is -2.11. The average molecular weight is 387 g/mol. The Kier molecular flexibility index (Phi) is 4.08. The smallest absolute Gasteiger partial charge is 0.278 e. The first-order valence-corrected chi connectivity index (χ1v) is 9.43. The lowest BCUT2D eigenvalue weighted by Crippen LogP contribution is -2.08. The molecule has 0 bridgehead atoms. The maximum absolute atomic E-state index is 14.5. The molecule has 0 aliphatic carbocycles. The Bertz CT molecular complexity index is 1240. The fourth-order valence-corrected chi connectivity index (χ4v) is 3.48. The Morgan fingerprint density at radius 1 is 1.03 bits per heavy atom. The summed E-state index contributed by atoms with van der Waals surface area (Å²) in [5.41, 5.74) is 4.22. The van der Waals surface area contributed by atoms with Gasteiger partial charge in [0.2, 0.25) is 0 Å². The molecule has 0 unspecified atom stereocenters. The molecule has 2 aromatic heterocycles. The van der Waals surface area contributed by atoms with Gasteiger partial charge < -0.3 is 4.52 Å². The molecule has 144 valence electrons. The van der Waals surface area contributed by atoms with Crippen LogP contribution >= 0.6 is 0 Å². The van der Waals surface area contributed by atoms with Crippen LogP contribution in [0.4, 0.5) is 4.39 Å². The van der Waals surface area contributed by atoms with Crippen LogP contribution in [-0.2, 0) is 6.54 Å². The zero-order valence-electron chi connectivity index (χ0n) is 16.0. The summed E-state index contributed by atoms with van der Waals surface area (Å²) in [6, 6.07) is 14.5. The van der Waals surface area contributed by atoms with Crippen molar-refractivity contribution in [1.29, 1.82) is 0 Å². The number of fused-ring (bicyclic) bond motifs is 3. The van der Waals surface area contributed by atoms with E-state index in [0.717, 1.165) is 16.9 Å². The summed E-state index contributed by atoms with van der Waals surface area (Å²) in [5, 5.41) is 4.04. The largest absolute Gasteiger partial charge is 0.332 e. The van der Waals surface area contributed by atoms with Crippen molar-refractivity contribution < 1.29 is 8.91 Å². The average Bonchev–Trinajstić information content (AvgIpc) is 3.34. The van der Waals surface area contributed by atoms with E-state index in [2.05, 4.69) is 15.1 Å². The maximum atomic E-state index is 14.5. The lowest BCUT2D eigenvalue weighted by molar-refractivity contribution is 0.418. The molecule has 4 aromatic rings. The van der Waals surface area contributed by atoms with Gasteiger partial charge in [-0.1, -0.05) is 49.3 Å². The highest BCUT2D eigenvalue weighted by Crippen LogP contribution is 2.31. The summed E-state index contributed by atoms with van der Waals surface area (Å²) >= 11 is 0. The number of hydrogen-bond acceptors (Lipinski definition) is 5. The van der Waals surface area contributed by atoms with Gasteiger partial charge in [-0.2, -0.15) is 4.98 Å². The summed E-state index contributed by atoms with van der Waals surface area (Å²) in [5.74, 6) is 0.848. The highest BCUT2D eigenvalue weighted by atomic mass is 19.1. The fraction of sp³-hybridized carbons (Fsp3) is 0.182. The molecule has 0 fully saturated rings. The van der Waals surface area contributed by atoms with Crippen molar-refractivity contribution >= 4 is 5.71 Å². The fourth-order valence-electron chi connectivity index (χ4n) is 3.48. The minimum absolute atomic E-state index is 0.153. The number of aliphatic imine (C=N–C) groups is 1. The molecule has 0 saturated carbocycles. The van der Waals surface area contributed by atoms with E-state index in [4.69, 9.17) is 9.52 Å². The molecule has 5 rings (SSSR count). The van der Waals surface area contributed by atoms with Crippen LogP contribution in [0.2, 0.25) is 0 Å². The Balaban J connectivity index is 1.69. The molecule has 2 aromatic carbocycles. The van der Waals surface area contributed by atoms with Gasteiger partial charge in [-0.05, 0) is 18.2 Å². The quantitative estimate of drug-likeness (QED) is 0.518. The zero-order chi connectivity index (χ0) is 20.0. The van der Waals surface area contributed by atoms with Gasteiger partial charge in [0.25, 0.3) is 5.89 Å². The van der Waals surface area contributed by atoms with E-state index in [0.29, 0.717) is 35.2 Å².